The van der Waals surface area contributed by atoms with E-state index in [9.17, 15) is 14.9 Å². The second-order valence-corrected chi connectivity index (χ2v) is 5.06. The minimum Gasteiger partial charge on any atom is -0.340 e. The van der Waals surface area contributed by atoms with Gasteiger partial charge in [-0.05, 0) is 18.2 Å². The molecule has 110 valence electrons. The second-order valence-electron chi connectivity index (χ2n) is 5.06. The summed E-state index contributed by atoms with van der Waals surface area (Å²) in [5.74, 6) is -0.0321. The molecule has 0 aliphatic carbocycles. The van der Waals surface area contributed by atoms with E-state index < -0.39 is 4.92 Å². The molecule has 0 saturated carbocycles. The molecule has 0 radical (unpaired) electrons. The van der Waals surface area contributed by atoms with Gasteiger partial charge in [-0.15, -0.1) is 0 Å². The van der Waals surface area contributed by atoms with E-state index in [1.54, 1.807) is 24.4 Å². The van der Waals surface area contributed by atoms with Crippen LogP contribution in [0, 0.1) is 10.1 Å². The van der Waals surface area contributed by atoms with Crippen LogP contribution in [0.4, 0.5) is 11.4 Å². The third kappa shape index (κ3) is 2.61. The molecule has 1 aliphatic heterocycles. The number of benzene rings is 2. The number of ketones is 1. The first-order valence-electron chi connectivity index (χ1n) is 6.94. The Morgan fingerprint density at radius 2 is 1.73 bits per heavy atom. The summed E-state index contributed by atoms with van der Waals surface area (Å²) >= 11 is 0. The van der Waals surface area contributed by atoms with Crippen molar-refractivity contribution in [2.45, 2.75) is 12.5 Å². The Morgan fingerprint density at radius 3 is 2.45 bits per heavy atom. The molecule has 5 nitrogen and oxygen atoms in total. The number of carbonyl (C=O) groups is 1. The van der Waals surface area contributed by atoms with Gasteiger partial charge >= 0.3 is 0 Å². The van der Waals surface area contributed by atoms with Gasteiger partial charge in [0.1, 0.15) is 0 Å². The van der Waals surface area contributed by atoms with Gasteiger partial charge in [0.15, 0.2) is 5.78 Å². The average Bonchev–Trinajstić information content (AvgIpc) is 2.55. The van der Waals surface area contributed by atoms with Crippen LogP contribution in [0.25, 0.3) is 0 Å². The fourth-order valence-electron chi connectivity index (χ4n) is 2.69. The van der Waals surface area contributed by atoms with Gasteiger partial charge in [-0.25, -0.2) is 0 Å². The summed E-state index contributed by atoms with van der Waals surface area (Å²) < 4.78 is 0. The van der Waals surface area contributed by atoms with Crippen LogP contribution in [0.15, 0.2) is 66.9 Å². The smallest absolute Gasteiger partial charge is 0.274 e. The van der Waals surface area contributed by atoms with Crippen molar-refractivity contribution in [2.75, 3.05) is 4.90 Å². The van der Waals surface area contributed by atoms with Gasteiger partial charge in [-0.2, -0.15) is 0 Å². The van der Waals surface area contributed by atoms with Crippen LogP contribution in [0.3, 0.4) is 0 Å². The summed E-state index contributed by atoms with van der Waals surface area (Å²) in [6, 6.07) is 15.7. The third-order valence-corrected chi connectivity index (χ3v) is 3.70. The maximum atomic E-state index is 11.8. The monoisotopic (exact) mass is 294 g/mol. The molecule has 3 rings (SSSR count). The Balaban J connectivity index is 2.09. The number of rotatable bonds is 3. The first-order valence-corrected chi connectivity index (χ1v) is 6.94. The van der Waals surface area contributed by atoms with Crippen LogP contribution in [0.1, 0.15) is 18.0 Å². The average molecular weight is 294 g/mol. The Labute approximate surface area is 127 Å². The summed E-state index contributed by atoms with van der Waals surface area (Å²) in [5, 5.41) is 11.3. The molecule has 2 aromatic rings. The van der Waals surface area contributed by atoms with Crippen molar-refractivity contribution in [3.8, 4) is 0 Å². The lowest BCUT2D eigenvalue weighted by Crippen LogP contribution is -2.29. The lowest BCUT2D eigenvalue weighted by atomic mass is 9.95. The lowest BCUT2D eigenvalue weighted by Gasteiger charge is -2.32. The van der Waals surface area contributed by atoms with E-state index in [0.29, 0.717) is 5.56 Å². The van der Waals surface area contributed by atoms with Gasteiger partial charge < -0.3 is 4.90 Å². The zero-order valence-corrected chi connectivity index (χ0v) is 11.8. The molecule has 0 N–H and O–H groups in total. The molecule has 1 unspecified atom stereocenters. The van der Waals surface area contributed by atoms with Gasteiger partial charge in [0, 0.05) is 24.4 Å². The topological polar surface area (TPSA) is 63.5 Å². The molecule has 5 heteroatoms. The predicted molar refractivity (Wildman–Crippen MR) is 83.5 cm³/mol. The Bertz CT molecular complexity index is 741. The number of carbonyl (C=O) groups excluding carboxylic acids is 1. The zero-order valence-electron chi connectivity index (χ0n) is 11.8. The minimum absolute atomic E-state index is 0.0321. The molecule has 1 aliphatic rings. The SMILES string of the molecule is O=C1C=CN(c2ccccc2)C(c2ccccc2[N+](=O)[O-])C1. The van der Waals surface area contributed by atoms with Crippen LogP contribution in [0.2, 0.25) is 0 Å². The van der Waals surface area contributed by atoms with Crippen molar-refractivity contribution in [1.29, 1.82) is 0 Å². The highest BCUT2D eigenvalue weighted by Gasteiger charge is 2.30. The summed E-state index contributed by atoms with van der Waals surface area (Å²) in [6.07, 6.45) is 3.43. The van der Waals surface area contributed by atoms with Crippen LogP contribution >= 0.6 is 0 Å². The van der Waals surface area contributed by atoms with Gasteiger partial charge in [0.25, 0.3) is 5.69 Å². The van der Waals surface area contributed by atoms with Crippen molar-refractivity contribution in [3.05, 3.63) is 82.6 Å². The summed E-state index contributed by atoms with van der Waals surface area (Å²) in [6.45, 7) is 0. The van der Waals surface area contributed by atoms with Crippen LogP contribution in [0.5, 0.6) is 0 Å². The predicted octanol–water partition coefficient (Wildman–Crippen LogP) is 3.63. The lowest BCUT2D eigenvalue weighted by molar-refractivity contribution is -0.385. The third-order valence-electron chi connectivity index (χ3n) is 3.70. The molecule has 1 atom stereocenters. The van der Waals surface area contributed by atoms with Crippen LogP contribution in [-0.4, -0.2) is 10.7 Å². The number of nitro groups is 1. The van der Waals surface area contributed by atoms with E-state index >= 15 is 0 Å². The number of allylic oxidation sites excluding steroid dienone is 1. The first kappa shape index (κ1) is 14.0. The zero-order chi connectivity index (χ0) is 15.5. The normalized spacial score (nSPS) is 17.5. The summed E-state index contributed by atoms with van der Waals surface area (Å²) in [5.41, 5.74) is 1.49. The van der Waals surface area contributed by atoms with E-state index in [0.717, 1.165) is 5.69 Å². The van der Waals surface area contributed by atoms with E-state index in [1.807, 2.05) is 35.2 Å². The number of nitrogens with zero attached hydrogens (tertiary/aromatic N) is 2. The highest BCUT2D eigenvalue weighted by molar-refractivity contribution is 5.92. The highest BCUT2D eigenvalue weighted by atomic mass is 16.6. The Kier molecular flexibility index (Phi) is 3.70. The molecule has 0 spiro atoms. The summed E-state index contributed by atoms with van der Waals surface area (Å²) in [7, 11) is 0. The number of para-hydroxylation sites is 2. The van der Waals surface area contributed by atoms with Crippen molar-refractivity contribution in [1.82, 2.24) is 0 Å². The fraction of sp³-hybridized carbons (Fsp3) is 0.118. The van der Waals surface area contributed by atoms with Crippen molar-refractivity contribution in [2.24, 2.45) is 0 Å². The number of hydrogen-bond donors (Lipinski definition) is 0. The van der Waals surface area contributed by atoms with Crippen LogP contribution in [-0.2, 0) is 4.79 Å². The Hall–Kier alpha value is -2.95. The standard InChI is InChI=1S/C17H14N2O3/c20-14-10-11-18(13-6-2-1-3-7-13)17(12-14)15-8-4-5-9-16(15)19(21)22/h1-11,17H,12H2. The number of hydrogen-bond acceptors (Lipinski definition) is 4. The summed E-state index contributed by atoms with van der Waals surface area (Å²) in [4.78, 5) is 24.6. The molecule has 0 amide bonds. The largest absolute Gasteiger partial charge is 0.340 e. The number of anilines is 1. The molecule has 22 heavy (non-hydrogen) atoms. The first-order chi connectivity index (χ1) is 10.7. The molecule has 0 saturated heterocycles. The van der Waals surface area contributed by atoms with Gasteiger partial charge in [-0.3, -0.25) is 14.9 Å². The molecular weight excluding hydrogens is 280 g/mol. The highest BCUT2D eigenvalue weighted by Crippen LogP contribution is 2.37. The van der Waals surface area contributed by atoms with Gasteiger partial charge in [0.05, 0.1) is 16.5 Å². The maximum absolute atomic E-state index is 11.8. The Morgan fingerprint density at radius 1 is 1.05 bits per heavy atom. The molecule has 1 heterocycles. The fourth-order valence-corrected chi connectivity index (χ4v) is 2.69. The van der Waals surface area contributed by atoms with Crippen molar-refractivity contribution >= 4 is 17.2 Å². The van der Waals surface area contributed by atoms with Gasteiger partial charge in [-0.1, -0.05) is 36.4 Å². The van der Waals surface area contributed by atoms with Crippen LogP contribution < -0.4 is 4.90 Å². The van der Waals surface area contributed by atoms with E-state index in [-0.39, 0.29) is 23.9 Å². The van der Waals surface area contributed by atoms with E-state index in [2.05, 4.69) is 0 Å². The quantitative estimate of drug-likeness (QED) is 0.640. The van der Waals surface area contributed by atoms with Crippen molar-refractivity contribution < 1.29 is 9.72 Å². The molecule has 0 fully saturated rings. The van der Waals surface area contributed by atoms with E-state index in [4.69, 9.17) is 0 Å². The van der Waals surface area contributed by atoms with E-state index in [1.165, 1.54) is 12.1 Å². The molecular formula is C17H14N2O3. The van der Waals surface area contributed by atoms with Gasteiger partial charge in [0.2, 0.25) is 0 Å². The minimum atomic E-state index is -0.401. The van der Waals surface area contributed by atoms with Crippen molar-refractivity contribution in [3.63, 3.8) is 0 Å². The second kappa shape index (κ2) is 5.81. The number of nitro benzene ring substituents is 1. The molecule has 2 aromatic carbocycles. The maximum Gasteiger partial charge on any atom is 0.274 e. The molecule has 0 aromatic heterocycles. The molecule has 0 bridgehead atoms.